The van der Waals surface area contributed by atoms with Crippen LogP contribution in [-0.2, 0) is 6.42 Å². The van der Waals surface area contributed by atoms with Crippen molar-refractivity contribution in [1.29, 1.82) is 0 Å². The molecular formula is C11H13BrClNO2. The molecular weight excluding hydrogens is 293 g/mol. The van der Waals surface area contributed by atoms with Gasteiger partial charge in [0.25, 0.3) is 5.69 Å². The largest absolute Gasteiger partial charge is 0.283 e. The van der Waals surface area contributed by atoms with E-state index >= 15 is 0 Å². The van der Waals surface area contributed by atoms with Crippen LogP contribution in [0.5, 0.6) is 0 Å². The van der Waals surface area contributed by atoms with Crippen LogP contribution in [0.25, 0.3) is 0 Å². The first-order chi connectivity index (χ1) is 7.56. The zero-order valence-corrected chi connectivity index (χ0v) is 11.3. The molecule has 1 aromatic rings. The van der Waals surface area contributed by atoms with Gasteiger partial charge in [-0.15, -0.1) is 11.6 Å². The number of halogens is 2. The second-order valence-electron chi connectivity index (χ2n) is 3.55. The molecule has 0 aliphatic rings. The van der Waals surface area contributed by atoms with Crippen LogP contribution in [0.3, 0.4) is 0 Å². The molecule has 88 valence electrons. The van der Waals surface area contributed by atoms with Crippen LogP contribution < -0.4 is 0 Å². The standard InChI is InChI=1S/C11H13BrClNO2/c1-2-9(13)7-6-8-4-3-5-10(11(8)12)14(15)16/h3-5,9H,2,6-7H2,1H3. The van der Waals surface area contributed by atoms with Crippen LogP contribution in [-0.4, -0.2) is 10.3 Å². The lowest BCUT2D eigenvalue weighted by Crippen LogP contribution is -2.00. The molecule has 3 nitrogen and oxygen atoms in total. The fraction of sp³-hybridized carbons (Fsp3) is 0.455. The molecule has 16 heavy (non-hydrogen) atoms. The van der Waals surface area contributed by atoms with Crippen molar-refractivity contribution in [1.82, 2.24) is 0 Å². The Hall–Kier alpha value is -0.610. The van der Waals surface area contributed by atoms with E-state index in [-0.39, 0.29) is 16.0 Å². The molecule has 0 aromatic heterocycles. The minimum absolute atomic E-state index is 0.111. The lowest BCUT2D eigenvalue weighted by atomic mass is 10.1. The number of rotatable bonds is 5. The summed E-state index contributed by atoms with van der Waals surface area (Å²) >= 11 is 9.29. The summed E-state index contributed by atoms with van der Waals surface area (Å²) in [7, 11) is 0. The highest BCUT2D eigenvalue weighted by Crippen LogP contribution is 2.29. The molecule has 1 aromatic carbocycles. The molecule has 0 heterocycles. The summed E-state index contributed by atoms with van der Waals surface area (Å²) in [6, 6.07) is 5.08. The number of nitro benzene ring substituents is 1. The van der Waals surface area contributed by atoms with E-state index in [0.717, 1.165) is 24.8 Å². The van der Waals surface area contributed by atoms with Crippen molar-refractivity contribution in [3.05, 3.63) is 38.3 Å². The normalized spacial score (nSPS) is 12.4. The summed E-state index contributed by atoms with van der Waals surface area (Å²) in [5.74, 6) is 0. The highest BCUT2D eigenvalue weighted by Gasteiger charge is 2.15. The molecule has 0 saturated carbocycles. The first-order valence-corrected chi connectivity index (χ1v) is 6.35. The zero-order chi connectivity index (χ0) is 12.1. The Morgan fingerprint density at radius 2 is 2.25 bits per heavy atom. The zero-order valence-electron chi connectivity index (χ0n) is 8.95. The van der Waals surface area contributed by atoms with Crippen molar-refractivity contribution in [2.75, 3.05) is 0 Å². The number of benzene rings is 1. The van der Waals surface area contributed by atoms with Crippen LogP contribution in [0.4, 0.5) is 5.69 Å². The van der Waals surface area contributed by atoms with Gasteiger partial charge in [0.1, 0.15) is 0 Å². The molecule has 0 N–H and O–H groups in total. The van der Waals surface area contributed by atoms with Crippen molar-refractivity contribution in [2.24, 2.45) is 0 Å². The average Bonchev–Trinajstić information content (AvgIpc) is 2.26. The molecule has 0 aliphatic heterocycles. The van der Waals surface area contributed by atoms with E-state index in [1.165, 1.54) is 6.07 Å². The predicted molar refractivity (Wildman–Crippen MR) is 69.0 cm³/mol. The number of nitrogens with zero attached hydrogens (tertiary/aromatic N) is 1. The smallest absolute Gasteiger partial charge is 0.258 e. The molecule has 0 spiro atoms. The van der Waals surface area contributed by atoms with Gasteiger partial charge >= 0.3 is 0 Å². The van der Waals surface area contributed by atoms with Gasteiger partial charge in [-0.1, -0.05) is 19.1 Å². The van der Waals surface area contributed by atoms with Gasteiger partial charge < -0.3 is 0 Å². The molecule has 0 aliphatic carbocycles. The van der Waals surface area contributed by atoms with E-state index in [0.29, 0.717) is 4.47 Å². The maximum atomic E-state index is 10.7. The Kier molecular flexibility index (Phi) is 5.22. The molecule has 1 rings (SSSR count). The van der Waals surface area contributed by atoms with E-state index in [1.54, 1.807) is 6.07 Å². The van der Waals surface area contributed by atoms with Gasteiger partial charge in [0, 0.05) is 11.4 Å². The minimum atomic E-state index is -0.383. The molecule has 0 radical (unpaired) electrons. The van der Waals surface area contributed by atoms with Crippen molar-refractivity contribution in [3.8, 4) is 0 Å². The highest BCUT2D eigenvalue weighted by atomic mass is 79.9. The van der Waals surface area contributed by atoms with Gasteiger partial charge in [-0.3, -0.25) is 10.1 Å². The quantitative estimate of drug-likeness (QED) is 0.462. The van der Waals surface area contributed by atoms with Crippen LogP contribution >= 0.6 is 27.5 Å². The Morgan fingerprint density at radius 1 is 1.56 bits per heavy atom. The van der Waals surface area contributed by atoms with Crippen LogP contribution in [0.1, 0.15) is 25.3 Å². The molecule has 0 bridgehead atoms. The van der Waals surface area contributed by atoms with Gasteiger partial charge in [-0.25, -0.2) is 0 Å². The van der Waals surface area contributed by atoms with E-state index in [2.05, 4.69) is 15.9 Å². The lowest BCUT2D eigenvalue weighted by molar-refractivity contribution is -0.385. The maximum Gasteiger partial charge on any atom is 0.283 e. The lowest BCUT2D eigenvalue weighted by Gasteiger charge is -2.07. The average molecular weight is 307 g/mol. The number of hydrogen-bond acceptors (Lipinski definition) is 2. The van der Waals surface area contributed by atoms with E-state index in [4.69, 9.17) is 11.6 Å². The molecule has 5 heteroatoms. The van der Waals surface area contributed by atoms with Crippen LogP contribution in [0, 0.1) is 10.1 Å². The van der Waals surface area contributed by atoms with Gasteiger partial charge in [0.15, 0.2) is 0 Å². The van der Waals surface area contributed by atoms with Gasteiger partial charge in [-0.05, 0) is 40.8 Å². The number of hydrogen-bond donors (Lipinski definition) is 0. The maximum absolute atomic E-state index is 10.7. The third-order valence-electron chi connectivity index (χ3n) is 2.42. The fourth-order valence-corrected chi connectivity index (χ4v) is 2.13. The molecule has 0 fully saturated rings. The first-order valence-electron chi connectivity index (χ1n) is 5.12. The first kappa shape index (κ1) is 13.5. The Balaban J connectivity index is 2.81. The summed E-state index contributed by atoms with van der Waals surface area (Å²) < 4.78 is 0.569. The van der Waals surface area contributed by atoms with Gasteiger partial charge in [0.05, 0.1) is 9.40 Å². The van der Waals surface area contributed by atoms with Crippen molar-refractivity contribution >= 4 is 33.2 Å². The molecule has 0 saturated heterocycles. The Bertz CT molecular complexity index is 384. The highest BCUT2D eigenvalue weighted by molar-refractivity contribution is 9.10. The minimum Gasteiger partial charge on any atom is -0.258 e. The number of alkyl halides is 1. The number of aryl methyl sites for hydroxylation is 1. The third-order valence-corrected chi connectivity index (χ3v) is 3.87. The van der Waals surface area contributed by atoms with Gasteiger partial charge in [0.2, 0.25) is 0 Å². The summed E-state index contributed by atoms with van der Waals surface area (Å²) in [6.07, 6.45) is 2.50. The molecule has 1 atom stereocenters. The molecule has 1 unspecified atom stereocenters. The Labute approximate surface area is 108 Å². The topological polar surface area (TPSA) is 43.1 Å². The van der Waals surface area contributed by atoms with Crippen molar-refractivity contribution in [3.63, 3.8) is 0 Å². The van der Waals surface area contributed by atoms with E-state index in [1.807, 2.05) is 13.0 Å². The summed E-state index contributed by atoms with van der Waals surface area (Å²) in [6.45, 7) is 2.03. The monoisotopic (exact) mass is 305 g/mol. The van der Waals surface area contributed by atoms with Crippen molar-refractivity contribution < 1.29 is 4.92 Å². The summed E-state index contributed by atoms with van der Waals surface area (Å²) in [5.41, 5.74) is 1.05. The van der Waals surface area contributed by atoms with Gasteiger partial charge in [-0.2, -0.15) is 0 Å². The molecule has 0 amide bonds. The second-order valence-corrected chi connectivity index (χ2v) is 4.96. The van der Waals surface area contributed by atoms with Crippen LogP contribution in [0.15, 0.2) is 22.7 Å². The van der Waals surface area contributed by atoms with Crippen molar-refractivity contribution in [2.45, 2.75) is 31.6 Å². The summed E-state index contributed by atoms with van der Waals surface area (Å²) in [4.78, 5) is 10.3. The van der Waals surface area contributed by atoms with Crippen LogP contribution in [0.2, 0.25) is 0 Å². The van der Waals surface area contributed by atoms with E-state index < -0.39 is 0 Å². The second kappa shape index (κ2) is 6.21. The fourth-order valence-electron chi connectivity index (χ4n) is 1.42. The predicted octanol–water partition coefficient (Wildman–Crippen LogP) is 4.31. The third kappa shape index (κ3) is 3.46. The van der Waals surface area contributed by atoms with E-state index in [9.17, 15) is 10.1 Å². The Morgan fingerprint density at radius 3 is 2.81 bits per heavy atom. The number of nitro groups is 1. The SMILES string of the molecule is CCC(Cl)CCc1cccc([N+](=O)[O-])c1Br. The summed E-state index contributed by atoms with van der Waals surface area (Å²) in [5, 5.41) is 10.8.